The maximum absolute atomic E-state index is 13.8. The highest BCUT2D eigenvalue weighted by atomic mass is 32.2. The van der Waals surface area contributed by atoms with Gasteiger partial charge in [0, 0.05) is 19.3 Å². The van der Waals surface area contributed by atoms with Crippen LogP contribution in [0.1, 0.15) is 49.9 Å². The number of hydrogen-bond acceptors (Lipinski definition) is 6. The Labute approximate surface area is 221 Å². The molecule has 186 valence electrons. The monoisotopic (exact) mass is 518 g/mol. The lowest BCUT2D eigenvalue weighted by atomic mass is 9.91. The number of benzene rings is 1. The lowest BCUT2D eigenvalue weighted by Gasteiger charge is -2.36. The summed E-state index contributed by atoms with van der Waals surface area (Å²) in [5.74, 6) is 1.44. The number of carbonyl (C=O) groups excluding carboxylic acids is 1. The standard InChI is InChI=1S/C28H30N4O2S2/c1-17-10-11-24-29-25(30-14-18(2)12-19(3)15-30)22(26(33)31(24)16-17)13-23-27(34)32(28(35)36-23)20(4)21-8-6-5-7-9-21/h5-11,13,16,18-20H,12,14-15H2,1-4H3. The van der Waals surface area contributed by atoms with E-state index in [1.165, 1.54) is 11.8 Å². The third-order valence-corrected chi connectivity index (χ3v) is 8.25. The van der Waals surface area contributed by atoms with Gasteiger partial charge in [0.2, 0.25) is 0 Å². The number of aryl methyl sites for hydroxylation is 1. The first kappa shape index (κ1) is 24.7. The summed E-state index contributed by atoms with van der Waals surface area (Å²) < 4.78 is 2.07. The van der Waals surface area contributed by atoms with Gasteiger partial charge in [-0.1, -0.05) is 74.2 Å². The van der Waals surface area contributed by atoms with Crippen LogP contribution in [0.4, 0.5) is 5.82 Å². The van der Waals surface area contributed by atoms with E-state index < -0.39 is 0 Å². The summed E-state index contributed by atoms with van der Waals surface area (Å²) in [6, 6.07) is 13.5. The fourth-order valence-corrected chi connectivity index (χ4v) is 6.68. The summed E-state index contributed by atoms with van der Waals surface area (Å²) >= 11 is 6.87. The van der Waals surface area contributed by atoms with Gasteiger partial charge in [-0.3, -0.25) is 18.9 Å². The van der Waals surface area contributed by atoms with Crippen LogP contribution in [0.15, 0.2) is 58.4 Å². The number of piperidine rings is 1. The maximum atomic E-state index is 13.8. The molecule has 2 fully saturated rings. The second-order valence-electron chi connectivity index (χ2n) is 10.1. The van der Waals surface area contributed by atoms with Crippen LogP contribution >= 0.6 is 24.0 Å². The van der Waals surface area contributed by atoms with Gasteiger partial charge in [-0.2, -0.15) is 0 Å². The molecule has 2 aliphatic heterocycles. The van der Waals surface area contributed by atoms with Crippen molar-refractivity contribution in [3.8, 4) is 0 Å². The number of thiocarbonyl (C=S) groups is 1. The zero-order valence-electron chi connectivity index (χ0n) is 21.0. The zero-order chi connectivity index (χ0) is 25.6. The van der Waals surface area contributed by atoms with Crippen molar-refractivity contribution in [2.75, 3.05) is 18.0 Å². The summed E-state index contributed by atoms with van der Waals surface area (Å²) in [5, 5.41) is 0. The Morgan fingerprint density at radius 2 is 1.78 bits per heavy atom. The first-order valence-corrected chi connectivity index (χ1v) is 13.6. The highest BCUT2D eigenvalue weighted by molar-refractivity contribution is 8.26. The van der Waals surface area contributed by atoms with Crippen LogP contribution < -0.4 is 10.5 Å². The topological polar surface area (TPSA) is 57.9 Å². The van der Waals surface area contributed by atoms with Crippen molar-refractivity contribution >= 4 is 51.7 Å². The summed E-state index contributed by atoms with van der Waals surface area (Å²) in [6.07, 6.45) is 4.66. The molecule has 3 atom stereocenters. The number of amides is 1. The molecule has 0 bridgehead atoms. The Morgan fingerprint density at radius 3 is 2.47 bits per heavy atom. The predicted molar refractivity (Wildman–Crippen MR) is 151 cm³/mol. The van der Waals surface area contributed by atoms with Crippen molar-refractivity contribution in [1.29, 1.82) is 0 Å². The summed E-state index contributed by atoms with van der Waals surface area (Å²) in [5.41, 5.74) is 2.84. The summed E-state index contributed by atoms with van der Waals surface area (Å²) in [6.45, 7) is 10.0. The maximum Gasteiger partial charge on any atom is 0.267 e. The fraction of sp³-hybridized carbons (Fsp3) is 0.357. The van der Waals surface area contributed by atoms with Crippen LogP contribution in [-0.4, -0.2) is 37.6 Å². The van der Waals surface area contributed by atoms with E-state index >= 15 is 0 Å². The van der Waals surface area contributed by atoms with Crippen molar-refractivity contribution in [3.63, 3.8) is 0 Å². The molecule has 1 amide bonds. The van der Waals surface area contributed by atoms with Crippen LogP contribution in [-0.2, 0) is 4.79 Å². The number of carbonyl (C=O) groups is 1. The molecule has 0 spiro atoms. The molecule has 2 aliphatic rings. The third-order valence-electron chi connectivity index (χ3n) is 6.92. The molecule has 3 aromatic rings. The molecule has 0 radical (unpaired) electrons. The molecular weight excluding hydrogens is 488 g/mol. The largest absolute Gasteiger partial charge is 0.355 e. The molecule has 1 aromatic carbocycles. The summed E-state index contributed by atoms with van der Waals surface area (Å²) in [4.78, 5) is 36.6. The van der Waals surface area contributed by atoms with Crippen molar-refractivity contribution < 1.29 is 4.79 Å². The number of nitrogens with zero attached hydrogens (tertiary/aromatic N) is 4. The molecule has 6 nitrogen and oxygen atoms in total. The van der Waals surface area contributed by atoms with Gasteiger partial charge in [-0.25, -0.2) is 4.98 Å². The molecule has 3 unspecified atom stereocenters. The SMILES string of the molecule is Cc1ccc2nc(N3CC(C)CC(C)C3)c(C=C3SC(=S)N(C(C)c4ccccc4)C3=O)c(=O)n2c1. The first-order chi connectivity index (χ1) is 17.2. The average molecular weight is 519 g/mol. The van der Waals surface area contributed by atoms with Gasteiger partial charge >= 0.3 is 0 Å². The van der Waals surface area contributed by atoms with E-state index in [1.54, 1.807) is 21.6 Å². The van der Waals surface area contributed by atoms with E-state index in [9.17, 15) is 9.59 Å². The number of hydrogen-bond donors (Lipinski definition) is 0. The lowest BCUT2D eigenvalue weighted by molar-refractivity contribution is -0.123. The Balaban J connectivity index is 1.61. The Morgan fingerprint density at radius 1 is 1.08 bits per heavy atom. The molecule has 0 N–H and O–H groups in total. The van der Waals surface area contributed by atoms with E-state index in [4.69, 9.17) is 17.2 Å². The van der Waals surface area contributed by atoms with Gasteiger partial charge in [0.15, 0.2) is 0 Å². The zero-order valence-corrected chi connectivity index (χ0v) is 22.6. The van der Waals surface area contributed by atoms with E-state index in [0.29, 0.717) is 38.1 Å². The first-order valence-electron chi connectivity index (χ1n) is 12.3. The van der Waals surface area contributed by atoms with Crippen molar-refractivity contribution in [2.24, 2.45) is 11.8 Å². The van der Waals surface area contributed by atoms with Crippen LogP contribution in [0.25, 0.3) is 11.7 Å². The molecule has 4 heterocycles. The number of thioether (sulfide) groups is 1. The van der Waals surface area contributed by atoms with E-state index in [2.05, 4.69) is 18.7 Å². The number of fused-ring (bicyclic) bond motifs is 1. The number of aromatic nitrogens is 2. The lowest BCUT2D eigenvalue weighted by Crippen LogP contribution is -2.40. The van der Waals surface area contributed by atoms with Crippen molar-refractivity contribution in [3.05, 3.63) is 80.6 Å². The number of anilines is 1. The average Bonchev–Trinajstić information content (AvgIpc) is 3.13. The Bertz CT molecular complexity index is 1420. The fourth-order valence-electron chi connectivity index (χ4n) is 5.28. The Kier molecular flexibility index (Phi) is 6.74. The molecular formula is C28H30N4O2S2. The molecule has 2 aromatic heterocycles. The minimum atomic E-state index is -0.202. The molecule has 0 saturated carbocycles. The third kappa shape index (κ3) is 4.60. The number of rotatable bonds is 4. The molecule has 0 aliphatic carbocycles. The minimum Gasteiger partial charge on any atom is -0.355 e. The van der Waals surface area contributed by atoms with Crippen molar-refractivity contribution in [2.45, 2.75) is 40.2 Å². The Hall–Kier alpha value is -2.97. The number of pyridine rings is 1. The molecule has 8 heteroatoms. The highest BCUT2D eigenvalue weighted by Gasteiger charge is 2.37. The van der Waals surface area contributed by atoms with Crippen LogP contribution in [0.5, 0.6) is 0 Å². The minimum absolute atomic E-state index is 0.175. The van der Waals surface area contributed by atoms with Crippen LogP contribution in [0.2, 0.25) is 0 Å². The molecule has 2 saturated heterocycles. The van der Waals surface area contributed by atoms with E-state index in [1.807, 2.05) is 56.3 Å². The second-order valence-corrected chi connectivity index (χ2v) is 11.8. The van der Waals surface area contributed by atoms with Crippen LogP contribution in [0.3, 0.4) is 0 Å². The van der Waals surface area contributed by atoms with Gasteiger partial charge in [-0.15, -0.1) is 0 Å². The second kappa shape index (κ2) is 9.82. The van der Waals surface area contributed by atoms with Crippen molar-refractivity contribution in [1.82, 2.24) is 14.3 Å². The van der Waals surface area contributed by atoms with Gasteiger partial charge in [0.1, 0.15) is 15.8 Å². The highest BCUT2D eigenvalue weighted by Crippen LogP contribution is 2.39. The van der Waals surface area contributed by atoms with Gasteiger partial charge < -0.3 is 4.90 Å². The normalized spacial score (nSPS) is 22.6. The predicted octanol–water partition coefficient (Wildman–Crippen LogP) is 5.45. The molecule has 5 rings (SSSR count). The van der Waals surface area contributed by atoms with E-state index in [0.717, 1.165) is 30.6 Å². The van der Waals surface area contributed by atoms with Gasteiger partial charge in [-0.05, 0) is 55.4 Å². The molecule has 36 heavy (non-hydrogen) atoms. The van der Waals surface area contributed by atoms with Gasteiger partial charge in [0.25, 0.3) is 11.5 Å². The van der Waals surface area contributed by atoms with E-state index in [-0.39, 0.29) is 17.5 Å². The van der Waals surface area contributed by atoms with Crippen LogP contribution in [0, 0.1) is 18.8 Å². The summed E-state index contributed by atoms with van der Waals surface area (Å²) in [7, 11) is 0. The quantitative estimate of drug-likeness (QED) is 0.338. The van der Waals surface area contributed by atoms with Gasteiger partial charge in [0.05, 0.1) is 16.5 Å². The smallest absolute Gasteiger partial charge is 0.267 e.